The standard InChI is InChI=1S/C18H19NO6/c1-4-24-17(22)12-10-13(18(23)25-5-2)16(21)19(15(12)20)14-9-7-6-8-11(14)3/h6-10,20H,4-5H2,1-3H3. The molecule has 1 aromatic carbocycles. The van der Waals surface area contributed by atoms with Gasteiger partial charge in [0.05, 0.1) is 18.9 Å². The fraction of sp³-hybridized carbons (Fsp3) is 0.278. The molecule has 0 saturated carbocycles. The average molecular weight is 345 g/mol. The number of para-hydroxylation sites is 1. The van der Waals surface area contributed by atoms with Gasteiger partial charge in [-0.15, -0.1) is 0 Å². The van der Waals surface area contributed by atoms with E-state index in [4.69, 9.17) is 9.47 Å². The lowest BCUT2D eigenvalue weighted by Gasteiger charge is -2.15. The highest BCUT2D eigenvalue weighted by Crippen LogP contribution is 2.23. The van der Waals surface area contributed by atoms with E-state index in [0.717, 1.165) is 10.6 Å². The fourth-order valence-corrected chi connectivity index (χ4v) is 2.36. The number of hydrogen-bond donors (Lipinski definition) is 1. The molecular formula is C18H19NO6. The topological polar surface area (TPSA) is 94.8 Å². The van der Waals surface area contributed by atoms with Crippen molar-refractivity contribution >= 4 is 11.9 Å². The van der Waals surface area contributed by atoms with Gasteiger partial charge in [0.1, 0.15) is 11.1 Å². The van der Waals surface area contributed by atoms with Crippen LogP contribution in [0.4, 0.5) is 0 Å². The Balaban J connectivity index is 2.81. The SMILES string of the molecule is CCOC(=O)c1cc(C(=O)OCC)c(=O)n(-c2ccccc2C)c1O. The first-order chi connectivity index (χ1) is 11.9. The van der Waals surface area contributed by atoms with E-state index in [1.165, 1.54) is 0 Å². The third kappa shape index (κ3) is 3.55. The van der Waals surface area contributed by atoms with Crippen LogP contribution in [0, 0.1) is 6.92 Å². The molecule has 0 saturated heterocycles. The van der Waals surface area contributed by atoms with E-state index in [2.05, 4.69) is 0 Å². The van der Waals surface area contributed by atoms with Gasteiger partial charge in [-0.25, -0.2) is 14.2 Å². The quantitative estimate of drug-likeness (QED) is 0.835. The minimum Gasteiger partial charge on any atom is -0.494 e. The van der Waals surface area contributed by atoms with Gasteiger partial charge in [0.25, 0.3) is 5.56 Å². The van der Waals surface area contributed by atoms with E-state index in [0.29, 0.717) is 11.3 Å². The fourth-order valence-electron chi connectivity index (χ4n) is 2.36. The molecule has 7 heteroatoms. The van der Waals surface area contributed by atoms with Crippen molar-refractivity contribution in [2.75, 3.05) is 13.2 Å². The summed E-state index contributed by atoms with van der Waals surface area (Å²) in [5, 5.41) is 10.5. The number of nitrogens with zero attached hydrogens (tertiary/aromatic N) is 1. The van der Waals surface area contributed by atoms with Gasteiger partial charge in [-0.05, 0) is 38.5 Å². The first kappa shape index (κ1) is 18.3. The zero-order valence-corrected chi connectivity index (χ0v) is 14.2. The summed E-state index contributed by atoms with van der Waals surface area (Å²) in [4.78, 5) is 37.0. The maximum absolute atomic E-state index is 12.7. The third-order valence-corrected chi connectivity index (χ3v) is 3.52. The van der Waals surface area contributed by atoms with Crippen LogP contribution in [0.25, 0.3) is 5.69 Å². The van der Waals surface area contributed by atoms with Crippen LogP contribution in [0.2, 0.25) is 0 Å². The molecule has 0 spiro atoms. The number of carbonyl (C=O) groups excluding carboxylic acids is 2. The molecule has 25 heavy (non-hydrogen) atoms. The van der Waals surface area contributed by atoms with Crippen LogP contribution >= 0.6 is 0 Å². The summed E-state index contributed by atoms with van der Waals surface area (Å²) in [6, 6.07) is 7.78. The number of ether oxygens (including phenoxy) is 2. The van der Waals surface area contributed by atoms with Crippen LogP contribution in [0.1, 0.15) is 40.1 Å². The first-order valence-corrected chi connectivity index (χ1v) is 7.81. The monoisotopic (exact) mass is 345 g/mol. The molecule has 0 bridgehead atoms. The van der Waals surface area contributed by atoms with Crippen molar-refractivity contribution in [3.05, 3.63) is 57.4 Å². The maximum Gasteiger partial charge on any atom is 0.343 e. The van der Waals surface area contributed by atoms with Crippen molar-refractivity contribution in [3.63, 3.8) is 0 Å². The second-order valence-electron chi connectivity index (χ2n) is 5.16. The van der Waals surface area contributed by atoms with E-state index < -0.39 is 23.4 Å². The number of aromatic hydroxyl groups is 1. The summed E-state index contributed by atoms with van der Waals surface area (Å²) in [7, 11) is 0. The smallest absolute Gasteiger partial charge is 0.343 e. The average Bonchev–Trinajstić information content (AvgIpc) is 2.57. The number of carbonyl (C=O) groups is 2. The van der Waals surface area contributed by atoms with Gasteiger partial charge in [-0.3, -0.25) is 4.79 Å². The van der Waals surface area contributed by atoms with Crippen molar-refractivity contribution in [2.45, 2.75) is 20.8 Å². The van der Waals surface area contributed by atoms with Crippen LogP contribution in [-0.2, 0) is 9.47 Å². The van der Waals surface area contributed by atoms with Crippen LogP contribution < -0.4 is 5.56 Å². The Labute approximate surface area is 144 Å². The predicted molar refractivity (Wildman–Crippen MR) is 90.4 cm³/mol. The lowest BCUT2D eigenvalue weighted by Crippen LogP contribution is -2.28. The van der Waals surface area contributed by atoms with Crippen LogP contribution in [0.15, 0.2) is 35.1 Å². The Morgan fingerprint density at radius 2 is 1.60 bits per heavy atom. The van der Waals surface area contributed by atoms with E-state index in [-0.39, 0.29) is 24.3 Å². The summed E-state index contributed by atoms with van der Waals surface area (Å²) < 4.78 is 10.7. The third-order valence-electron chi connectivity index (χ3n) is 3.52. The van der Waals surface area contributed by atoms with Crippen molar-refractivity contribution in [1.82, 2.24) is 4.57 Å². The Morgan fingerprint density at radius 3 is 2.16 bits per heavy atom. The number of hydrogen-bond acceptors (Lipinski definition) is 6. The number of aromatic nitrogens is 1. The second kappa shape index (κ2) is 7.65. The van der Waals surface area contributed by atoms with Gasteiger partial charge in [0.15, 0.2) is 0 Å². The number of benzene rings is 1. The van der Waals surface area contributed by atoms with Crippen molar-refractivity contribution in [1.29, 1.82) is 0 Å². The number of pyridine rings is 1. The molecule has 0 radical (unpaired) electrons. The van der Waals surface area contributed by atoms with Crippen LogP contribution in [0.3, 0.4) is 0 Å². The predicted octanol–water partition coefficient (Wildman–Crippen LogP) is 2.20. The Morgan fingerprint density at radius 1 is 1.04 bits per heavy atom. The zero-order valence-electron chi connectivity index (χ0n) is 14.2. The van der Waals surface area contributed by atoms with Crippen molar-refractivity contribution < 1.29 is 24.2 Å². The molecule has 1 heterocycles. The molecule has 0 fully saturated rings. The maximum atomic E-state index is 12.7. The van der Waals surface area contributed by atoms with Gasteiger partial charge in [-0.1, -0.05) is 18.2 Å². The van der Waals surface area contributed by atoms with E-state index in [9.17, 15) is 19.5 Å². The molecule has 2 aromatic rings. The largest absolute Gasteiger partial charge is 0.494 e. The van der Waals surface area contributed by atoms with Crippen molar-refractivity contribution in [3.8, 4) is 11.6 Å². The van der Waals surface area contributed by atoms with Gasteiger partial charge >= 0.3 is 11.9 Å². The molecule has 0 aliphatic rings. The summed E-state index contributed by atoms with van der Waals surface area (Å²) >= 11 is 0. The lowest BCUT2D eigenvalue weighted by atomic mass is 10.1. The highest BCUT2D eigenvalue weighted by Gasteiger charge is 2.25. The lowest BCUT2D eigenvalue weighted by molar-refractivity contribution is 0.0519. The first-order valence-electron chi connectivity index (χ1n) is 7.81. The van der Waals surface area contributed by atoms with E-state index in [1.807, 2.05) is 0 Å². The van der Waals surface area contributed by atoms with Gasteiger partial charge in [-0.2, -0.15) is 0 Å². The molecule has 2 rings (SSSR count). The van der Waals surface area contributed by atoms with Gasteiger partial charge in [0, 0.05) is 0 Å². The summed E-state index contributed by atoms with van der Waals surface area (Å²) in [5.74, 6) is -2.31. The van der Waals surface area contributed by atoms with Crippen LogP contribution in [-0.4, -0.2) is 34.8 Å². The number of aryl methyl sites for hydroxylation is 1. The molecule has 0 atom stereocenters. The second-order valence-corrected chi connectivity index (χ2v) is 5.16. The highest BCUT2D eigenvalue weighted by molar-refractivity contribution is 5.96. The molecule has 0 aliphatic heterocycles. The van der Waals surface area contributed by atoms with E-state index >= 15 is 0 Å². The molecule has 1 aromatic heterocycles. The molecule has 0 aliphatic carbocycles. The van der Waals surface area contributed by atoms with Crippen LogP contribution in [0.5, 0.6) is 5.88 Å². The van der Waals surface area contributed by atoms with Gasteiger partial charge < -0.3 is 14.6 Å². The normalized spacial score (nSPS) is 10.4. The molecule has 1 N–H and O–H groups in total. The molecule has 0 amide bonds. The number of esters is 2. The highest BCUT2D eigenvalue weighted by atomic mass is 16.5. The van der Waals surface area contributed by atoms with Gasteiger partial charge in [0.2, 0.25) is 5.88 Å². The number of rotatable bonds is 5. The Bertz CT molecular complexity index is 868. The zero-order chi connectivity index (χ0) is 18.6. The summed E-state index contributed by atoms with van der Waals surface area (Å²) in [6.45, 7) is 5.10. The Kier molecular flexibility index (Phi) is 5.59. The molecule has 132 valence electrons. The molecular weight excluding hydrogens is 326 g/mol. The molecule has 7 nitrogen and oxygen atoms in total. The summed E-state index contributed by atoms with van der Waals surface area (Å²) in [5.41, 5.74) is -0.394. The van der Waals surface area contributed by atoms with Crippen molar-refractivity contribution in [2.24, 2.45) is 0 Å². The molecule has 0 unspecified atom stereocenters. The van der Waals surface area contributed by atoms with E-state index in [1.54, 1.807) is 45.0 Å². The summed E-state index contributed by atoms with van der Waals surface area (Å²) in [6.07, 6.45) is 0. The minimum atomic E-state index is -0.875. The minimum absolute atomic E-state index is 0.0677. The Hall–Kier alpha value is -3.09.